The van der Waals surface area contributed by atoms with Crippen molar-refractivity contribution >= 4 is 10.1 Å². The van der Waals surface area contributed by atoms with Crippen molar-refractivity contribution in [1.82, 2.24) is 0 Å². The van der Waals surface area contributed by atoms with Gasteiger partial charge < -0.3 is 0 Å². The second-order valence-corrected chi connectivity index (χ2v) is 6.74. The quantitative estimate of drug-likeness (QED) is 0.751. The van der Waals surface area contributed by atoms with Gasteiger partial charge in [0, 0.05) is 0 Å². The van der Waals surface area contributed by atoms with Crippen LogP contribution in [0, 0.1) is 0 Å². The number of hydrogen-bond acceptors (Lipinski definition) is 2. The van der Waals surface area contributed by atoms with Crippen LogP contribution in [-0.4, -0.2) is 18.7 Å². The molecular weight excluding hydrogens is 272 g/mol. The highest BCUT2D eigenvalue weighted by Crippen LogP contribution is 2.38. The molecule has 0 heterocycles. The predicted molar refractivity (Wildman–Crippen MR) is 79.4 cm³/mol. The first-order chi connectivity index (χ1) is 9.54. The van der Waals surface area contributed by atoms with Gasteiger partial charge in [0.1, 0.15) is 0 Å². The van der Waals surface area contributed by atoms with Crippen LogP contribution < -0.4 is 0 Å². The van der Waals surface area contributed by atoms with Gasteiger partial charge in [0.05, 0.1) is 5.75 Å². The maximum absolute atomic E-state index is 10.8. The SMILES string of the molecule is O=S(=O)(O)CCCc1cccc2c1Cc1ccccc1-2. The number of aryl methyl sites for hydroxylation is 1. The van der Waals surface area contributed by atoms with Gasteiger partial charge in [0.15, 0.2) is 0 Å². The lowest BCUT2D eigenvalue weighted by Gasteiger charge is -2.08. The van der Waals surface area contributed by atoms with Crippen LogP contribution in [0.1, 0.15) is 23.1 Å². The monoisotopic (exact) mass is 288 g/mol. The molecule has 0 spiro atoms. The molecule has 3 nitrogen and oxygen atoms in total. The number of benzene rings is 2. The summed E-state index contributed by atoms with van der Waals surface area (Å²) in [6.07, 6.45) is 2.04. The Balaban J connectivity index is 1.86. The van der Waals surface area contributed by atoms with Gasteiger partial charge in [-0.25, -0.2) is 0 Å². The molecular formula is C16H16O3S. The Morgan fingerprint density at radius 3 is 2.55 bits per heavy atom. The van der Waals surface area contributed by atoms with Crippen molar-refractivity contribution in [2.24, 2.45) is 0 Å². The zero-order valence-corrected chi connectivity index (χ0v) is 11.9. The van der Waals surface area contributed by atoms with Gasteiger partial charge in [-0.1, -0.05) is 42.5 Å². The highest BCUT2D eigenvalue weighted by atomic mass is 32.2. The standard InChI is InChI=1S/C16H16O3S/c17-20(18,19)10-4-7-12-6-3-9-15-14-8-2-1-5-13(14)11-16(12)15/h1-3,5-6,8-9H,4,7,10-11H2,(H,17,18,19). The van der Waals surface area contributed by atoms with Crippen molar-refractivity contribution < 1.29 is 13.0 Å². The first kappa shape index (κ1) is 13.3. The maximum Gasteiger partial charge on any atom is 0.264 e. The number of fused-ring (bicyclic) bond motifs is 3. The van der Waals surface area contributed by atoms with Gasteiger partial charge in [-0.05, 0) is 47.1 Å². The summed E-state index contributed by atoms with van der Waals surface area (Å²) in [6.45, 7) is 0. The minimum atomic E-state index is -3.86. The largest absolute Gasteiger partial charge is 0.286 e. The van der Waals surface area contributed by atoms with E-state index in [1.165, 1.54) is 27.8 Å². The van der Waals surface area contributed by atoms with E-state index in [9.17, 15) is 8.42 Å². The summed E-state index contributed by atoms with van der Waals surface area (Å²) in [7, 11) is -3.86. The Kier molecular flexibility index (Phi) is 3.36. The van der Waals surface area contributed by atoms with Crippen LogP contribution in [-0.2, 0) is 23.0 Å². The Morgan fingerprint density at radius 2 is 1.75 bits per heavy atom. The molecule has 1 aliphatic carbocycles. The molecule has 0 amide bonds. The molecule has 104 valence electrons. The zero-order valence-electron chi connectivity index (χ0n) is 11.0. The molecule has 0 saturated carbocycles. The molecule has 0 atom stereocenters. The smallest absolute Gasteiger partial charge is 0.264 e. The van der Waals surface area contributed by atoms with Gasteiger partial charge in [-0.15, -0.1) is 0 Å². The van der Waals surface area contributed by atoms with E-state index in [2.05, 4.69) is 24.3 Å². The van der Waals surface area contributed by atoms with E-state index in [4.69, 9.17) is 4.55 Å². The molecule has 1 N–H and O–H groups in total. The second-order valence-electron chi connectivity index (χ2n) is 5.17. The van der Waals surface area contributed by atoms with Gasteiger partial charge in [0.25, 0.3) is 10.1 Å². The molecule has 4 heteroatoms. The van der Waals surface area contributed by atoms with E-state index in [-0.39, 0.29) is 5.75 Å². The van der Waals surface area contributed by atoms with E-state index in [1.807, 2.05) is 18.2 Å². The molecule has 0 aromatic heterocycles. The maximum atomic E-state index is 10.8. The van der Waals surface area contributed by atoms with E-state index >= 15 is 0 Å². The molecule has 20 heavy (non-hydrogen) atoms. The van der Waals surface area contributed by atoms with Crippen LogP contribution in [0.4, 0.5) is 0 Å². The molecule has 1 aliphatic rings. The van der Waals surface area contributed by atoms with Crippen molar-refractivity contribution in [3.05, 3.63) is 59.2 Å². The lowest BCUT2D eigenvalue weighted by atomic mass is 9.98. The summed E-state index contributed by atoms with van der Waals surface area (Å²) < 4.78 is 30.4. The average Bonchev–Trinajstić information content (AvgIpc) is 2.77. The summed E-state index contributed by atoms with van der Waals surface area (Å²) in [6, 6.07) is 14.5. The minimum Gasteiger partial charge on any atom is -0.286 e. The molecule has 0 radical (unpaired) electrons. The third-order valence-electron chi connectivity index (χ3n) is 3.80. The molecule has 3 rings (SSSR count). The van der Waals surface area contributed by atoms with E-state index in [0.717, 1.165) is 6.42 Å². The van der Waals surface area contributed by atoms with Gasteiger partial charge >= 0.3 is 0 Å². The first-order valence-electron chi connectivity index (χ1n) is 6.69. The van der Waals surface area contributed by atoms with Gasteiger partial charge in [-0.3, -0.25) is 4.55 Å². The Hall–Kier alpha value is -1.65. The molecule has 0 unspecified atom stereocenters. The van der Waals surface area contributed by atoms with Crippen LogP contribution in [0.3, 0.4) is 0 Å². The normalized spacial score (nSPS) is 13.1. The summed E-state index contributed by atoms with van der Waals surface area (Å²) >= 11 is 0. The highest BCUT2D eigenvalue weighted by Gasteiger charge is 2.20. The summed E-state index contributed by atoms with van der Waals surface area (Å²) in [4.78, 5) is 0. The van der Waals surface area contributed by atoms with Crippen LogP contribution in [0.2, 0.25) is 0 Å². The second kappa shape index (κ2) is 5.04. The van der Waals surface area contributed by atoms with Crippen molar-refractivity contribution in [1.29, 1.82) is 0 Å². The van der Waals surface area contributed by atoms with Crippen LogP contribution in [0.15, 0.2) is 42.5 Å². The number of hydrogen-bond donors (Lipinski definition) is 1. The lowest BCUT2D eigenvalue weighted by Crippen LogP contribution is -2.05. The minimum absolute atomic E-state index is 0.177. The molecule has 0 saturated heterocycles. The van der Waals surface area contributed by atoms with Gasteiger partial charge in [-0.2, -0.15) is 8.42 Å². The Labute approximate surface area is 119 Å². The predicted octanol–water partition coefficient (Wildman–Crippen LogP) is 3.08. The molecule has 2 aromatic rings. The fourth-order valence-electron chi connectivity index (χ4n) is 2.90. The molecule has 0 fully saturated rings. The molecule has 2 aromatic carbocycles. The van der Waals surface area contributed by atoms with Crippen molar-refractivity contribution in [2.75, 3.05) is 5.75 Å². The Morgan fingerprint density at radius 1 is 1.00 bits per heavy atom. The van der Waals surface area contributed by atoms with Crippen LogP contribution in [0.25, 0.3) is 11.1 Å². The zero-order chi connectivity index (χ0) is 14.2. The summed E-state index contributed by atoms with van der Waals surface area (Å²) in [5.41, 5.74) is 6.33. The van der Waals surface area contributed by atoms with E-state index in [1.54, 1.807) is 0 Å². The highest BCUT2D eigenvalue weighted by molar-refractivity contribution is 7.85. The van der Waals surface area contributed by atoms with Crippen molar-refractivity contribution in [2.45, 2.75) is 19.3 Å². The van der Waals surface area contributed by atoms with Crippen molar-refractivity contribution in [3.8, 4) is 11.1 Å². The van der Waals surface area contributed by atoms with Crippen LogP contribution in [0.5, 0.6) is 0 Å². The lowest BCUT2D eigenvalue weighted by molar-refractivity contribution is 0.481. The average molecular weight is 288 g/mol. The summed E-state index contributed by atoms with van der Waals surface area (Å²) in [5, 5.41) is 0. The molecule has 0 bridgehead atoms. The summed E-state index contributed by atoms with van der Waals surface area (Å²) in [5.74, 6) is -0.177. The fraction of sp³-hybridized carbons (Fsp3) is 0.250. The van der Waals surface area contributed by atoms with Gasteiger partial charge in [0.2, 0.25) is 0 Å². The van der Waals surface area contributed by atoms with Crippen LogP contribution >= 0.6 is 0 Å². The topological polar surface area (TPSA) is 54.4 Å². The third-order valence-corrected chi connectivity index (χ3v) is 4.60. The van der Waals surface area contributed by atoms with E-state index < -0.39 is 10.1 Å². The van der Waals surface area contributed by atoms with E-state index in [0.29, 0.717) is 12.8 Å². The number of rotatable bonds is 4. The Bertz CT molecular complexity index is 748. The van der Waals surface area contributed by atoms with Crippen molar-refractivity contribution in [3.63, 3.8) is 0 Å². The first-order valence-corrected chi connectivity index (χ1v) is 8.30. The fourth-order valence-corrected chi connectivity index (χ4v) is 3.41. The third kappa shape index (κ3) is 2.62. The molecule has 0 aliphatic heterocycles.